The molecule has 0 bridgehead atoms. The largest absolute Gasteiger partial charge is 0.492 e. The summed E-state index contributed by atoms with van der Waals surface area (Å²) in [5.74, 6) is 0.403. The molecule has 11 heteroatoms. The van der Waals surface area contributed by atoms with Crippen LogP contribution in [0.25, 0.3) is 0 Å². The molecule has 0 spiro atoms. The predicted molar refractivity (Wildman–Crippen MR) is 132 cm³/mol. The average Bonchev–Trinajstić information content (AvgIpc) is 3.33. The van der Waals surface area contributed by atoms with Crippen molar-refractivity contribution < 1.29 is 14.3 Å². The molecule has 2 aromatic heterocycles. The van der Waals surface area contributed by atoms with Crippen molar-refractivity contribution in [2.75, 3.05) is 30.3 Å². The van der Waals surface area contributed by atoms with E-state index in [0.717, 1.165) is 19.4 Å². The van der Waals surface area contributed by atoms with Crippen LogP contribution in [0.2, 0.25) is 0 Å². The van der Waals surface area contributed by atoms with Crippen molar-refractivity contribution in [3.63, 3.8) is 0 Å². The molecule has 1 fully saturated rings. The van der Waals surface area contributed by atoms with Crippen molar-refractivity contribution in [1.29, 1.82) is 0 Å². The Bertz CT molecular complexity index is 1220. The Hall–Kier alpha value is -4.41. The monoisotopic (exact) mass is 476 g/mol. The standard InChI is InChI=1S/C24H28N8O3/c1-3-21(33)31-11-7-8-17(15-31)32-14-16(12-27-32)28-24-26-13-18(22(25)34)23(30-24)29-19-9-5-6-10-20(19)35-4-2/h3,5-6,9-10,12-14,17H,1,4,7-8,11,15H2,2H3,(H2,25,34)(H2,26,28,29,30)/t17-/m0/s1. The van der Waals surface area contributed by atoms with Crippen molar-refractivity contribution >= 4 is 35.0 Å². The lowest BCUT2D eigenvalue weighted by molar-refractivity contribution is -0.127. The first-order valence-electron chi connectivity index (χ1n) is 11.4. The summed E-state index contributed by atoms with van der Waals surface area (Å²) in [6.07, 6.45) is 8.02. The van der Waals surface area contributed by atoms with Gasteiger partial charge in [0.1, 0.15) is 17.1 Å². The van der Waals surface area contributed by atoms with Gasteiger partial charge >= 0.3 is 0 Å². The van der Waals surface area contributed by atoms with Crippen molar-refractivity contribution in [2.45, 2.75) is 25.8 Å². The Labute approximate surface area is 203 Å². The number of anilines is 4. The zero-order valence-electron chi connectivity index (χ0n) is 19.5. The molecule has 0 radical (unpaired) electrons. The molecule has 0 saturated carbocycles. The van der Waals surface area contributed by atoms with Gasteiger partial charge in [-0.3, -0.25) is 14.3 Å². The van der Waals surface area contributed by atoms with Gasteiger partial charge in [-0.05, 0) is 38.0 Å². The van der Waals surface area contributed by atoms with Gasteiger partial charge in [-0.15, -0.1) is 0 Å². The maximum Gasteiger partial charge on any atom is 0.254 e. The molecule has 0 unspecified atom stereocenters. The minimum atomic E-state index is -0.656. The molecular formula is C24H28N8O3. The number of amides is 2. The number of benzene rings is 1. The number of ether oxygens (including phenoxy) is 1. The average molecular weight is 477 g/mol. The molecule has 1 aromatic carbocycles. The molecule has 11 nitrogen and oxygen atoms in total. The zero-order valence-corrected chi connectivity index (χ0v) is 19.5. The molecule has 3 heterocycles. The molecule has 2 amide bonds. The highest BCUT2D eigenvalue weighted by Gasteiger charge is 2.24. The number of carbonyl (C=O) groups is 2. The molecule has 3 aromatic rings. The second kappa shape index (κ2) is 10.7. The number of para-hydroxylation sites is 2. The second-order valence-electron chi connectivity index (χ2n) is 7.99. The lowest BCUT2D eigenvalue weighted by atomic mass is 10.1. The molecular weight excluding hydrogens is 448 g/mol. The van der Waals surface area contributed by atoms with Gasteiger partial charge in [-0.25, -0.2) is 4.98 Å². The third-order valence-corrected chi connectivity index (χ3v) is 5.61. The number of rotatable bonds is 9. The van der Waals surface area contributed by atoms with Crippen molar-refractivity contribution in [3.05, 3.63) is 61.1 Å². The summed E-state index contributed by atoms with van der Waals surface area (Å²) in [7, 11) is 0. The highest BCUT2D eigenvalue weighted by Crippen LogP contribution is 2.29. The highest BCUT2D eigenvalue weighted by atomic mass is 16.5. The number of nitrogens with one attached hydrogen (secondary N) is 2. The van der Waals surface area contributed by atoms with Gasteiger partial charge in [0.2, 0.25) is 11.9 Å². The Morgan fingerprint density at radius 2 is 2.11 bits per heavy atom. The van der Waals surface area contributed by atoms with Crippen molar-refractivity contribution in [1.82, 2.24) is 24.6 Å². The smallest absolute Gasteiger partial charge is 0.254 e. The van der Waals surface area contributed by atoms with E-state index in [2.05, 4.69) is 32.3 Å². The summed E-state index contributed by atoms with van der Waals surface area (Å²) in [5, 5.41) is 10.7. The molecule has 4 N–H and O–H groups in total. The Morgan fingerprint density at radius 3 is 2.89 bits per heavy atom. The van der Waals surface area contributed by atoms with E-state index in [1.54, 1.807) is 11.1 Å². The summed E-state index contributed by atoms with van der Waals surface area (Å²) < 4.78 is 7.48. The molecule has 0 aliphatic carbocycles. The van der Waals surface area contributed by atoms with Crippen molar-refractivity contribution in [2.24, 2.45) is 5.73 Å². The fraction of sp³-hybridized carbons (Fsp3) is 0.292. The number of carbonyl (C=O) groups excluding carboxylic acids is 2. The fourth-order valence-corrected chi connectivity index (χ4v) is 3.93. The van der Waals surface area contributed by atoms with E-state index in [-0.39, 0.29) is 29.3 Å². The lowest BCUT2D eigenvalue weighted by Gasteiger charge is -2.32. The zero-order chi connectivity index (χ0) is 24.8. The third-order valence-electron chi connectivity index (χ3n) is 5.61. The quantitative estimate of drug-likeness (QED) is 0.400. The Balaban J connectivity index is 1.53. The van der Waals surface area contributed by atoms with Gasteiger partial charge in [-0.2, -0.15) is 10.1 Å². The van der Waals surface area contributed by atoms with Crippen LogP contribution in [0.3, 0.4) is 0 Å². The van der Waals surface area contributed by atoms with E-state index in [1.807, 2.05) is 42.1 Å². The van der Waals surface area contributed by atoms with Crippen LogP contribution < -0.4 is 21.1 Å². The normalized spacial score (nSPS) is 15.3. The number of nitrogens with two attached hydrogens (primary N) is 1. The van der Waals surface area contributed by atoms with Crippen LogP contribution in [-0.2, 0) is 4.79 Å². The lowest BCUT2D eigenvalue weighted by Crippen LogP contribution is -2.39. The van der Waals surface area contributed by atoms with Crippen LogP contribution >= 0.6 is 0 Å². The van der Waals surface area contributed by atoms with E-state index in [4.69, 9.17) is 10.5 Å². The molecule has 1 atom stereocenters. The molecule has 1 aliphatic heterocycles. The first-order valence-corrected chi connectivity index (χ1v) is 11.4. The summed E-state index contributed by atoms with van der Waals surface area (Å²) in [4.78, 5) is 34.4. The number of hydrogen-bond acceptors (Lipinski definition) is 8. The van der Waals surface area contributed by atoms with Crippen molar-refractivity contribution in [3.8, 4) is 5.75 Å². The maximum absolute atomic E-state index is 12.0. The second-order valence-corrected chi connectivity index (χ2v) is 7.99. The predicted octanol–water partition coefficient (Wildman–Crippen LogP) is 3.01. The number of piperidine rings is 1. The van der Waals surface area contributed by atoms with Gasteiger partial charge in [-0.1, -0.05) is 18.7 Å². The van der Waals surface area contributed by atoms with E-state index >= 15 is 0 Å². The fourth-order valence-electron chi connectivity index (χ4n) is 3.93. The molecule has 4 rings (SSSR count). The summed E-state index contributed by atoms with van der Waals surface area (Å²) >= 11 is 0. The number of likely N-dealkylation sites (tertiary alicyclic amines) is 1. The van der Waals surface area contributed by atoms with Crippen LogP contribution in [0.4, 0.5) is 23.1 Å². The van der Waals surface area contributed by atoms with Gasteiger partial charge < -0.3 is 26.0 Å². The number of primary amides is 1. The Kier molecular flexibility index (Phi) is 7.24. The van der Waals surface area contributed by atoms with E-state index in [9.17, 15) is 9.59 Å². The van der Waals surface area contributed by atoms with Gasteiger partial charge in [0.15, 0.2) is 0 Å². The van der Waals surface area contributed by atoms with Crippen LogP contribution in [-0.4, -0.2) is 56.2 Å². The van der Waals surface area contributed by atoms with Gasteiger partial charge in [0.05, 0.1) is 30.2 Å². The number of hydrogen-bond donors (Lipinski definition) is 3. The SMILES string of the molecule is C=CC(=O)N1CCC[C@H](n2cc(Nc3ncc(C(N)=O)c(Nc4ccccc4OCC)n3)cn2)C1. The summed E-state index contributed by atoms with van der Waals surface area (Å²) in [6, 6.07) is 7.40. The van der Waals surface area contributed by atoms with Crippen LogP contribution in [0.1, 0.15) is 36.2 Å². The number of nitrogens with zero attached hydrogens (tertiary/aromatic N) is 5. The first-order chi connectivity index (χ1) is 17.0. The van der Waals surface area contributed by atoms with E-state index in [1.165, 1.54) is 12.3 Å². The van der Waals surface area contributed by atoms with Gasteiger partial charge in [0, 0.05) is 25.5 Å². The van der Waals surface area contributed by atoms with Crippen LogP contribution in [0, 0.1) is 0 Å². The summed E-state index contributed by atoms with van der Waals surface area (Å²) in [6.45, 7) is 7.24. The van der Waals surface area contributed by atoms with Crippen LogP contribution in [0.15, 0.2) is 55.5 Å². The van der Waals surface area contributed by atoms with E-state index < -0.39 is 5.91 Å². The first kappa shape index (κ1) is 23.7. The minimum absolute atomic E-state index is 0.0636. The third kappa shape index (κ3) is 5.57. The maximum atomic E-state index is 12.0. The van der Waals surface area contributed by atoms with Crippen LogP contribution in [0.5, 0.6) is 5.75 Å². The molecule has 1 saturated heterocycles. The topological polar surface area (TPSA) is 140 Å². The summed E-state index contributed by atoms with van der Waals surface area (Å²) in [5.41, 5.74) is 7.00. The highest BCUT2D eigenvalue weighted by molar-refractivity contribution is 5.98. The van der Waals surface area contributed by atoms with E-state index in [0.29, 0.717) is 30.3 Å². The Morgan fingerprint density at radius 1 is 1.29 bits per heavy atom. The minimum Gasteiger partial charge on any atom is -0.492 e. The van der Waals surface area contributed by atoms with Gasteiger partial charge in [0.25, 0.3) is 5.91 Å². The molecule has 1 aliphatic rings. The number of aromatic nitrogens is 4. The molecule has 182 valence electrons. The molecule has 35 heavy (non-hydrogen) atoms.